The molecule has 0 spiro atoms. The normalized spacial score (nSPS) is 15.7. The first-order chi connectivity index (χ1) is 8.31. The van der Waals surface area contributed by atoms with Gasteiger partial charge < -0.3 is 9.64 Å². The van der Waals surface area contributed by atoms with E-state index in [1.807, 2.05) is 17.8 Å². The van der Waals surface area contributed by atoms with E-state index in [0.29, 0.717) is 6.61 Å². The molecule has 1 aromatic rings. The van der Waals surface area contributed by atoms with Crippen LogP contribution in [0.25, 0.3) is 0 Å². The lowest BCUT2D eigenvalue weighted by molar-refractivity contribution is 0.0512. The van der Waals surface area contributed by atoms with Crippen LogP contribution in [0.4, 0.5) is 5.82 Å². The summed E-state index contributed by atoms with van der Waals surface area (Å²) < 4.78 is 4.88. The number of hydrogen-bond donors (Lipinski definition) is 0. The molecule has 0 atom stereocenters. The molecule has 5 nitrogen and oxygen atoms in total. The molecular weight excluding hydrogens is 238 g/mol. The van der Waals surface area contributed by atoms with Crippen molar-refractivity contribution in [3.8, 4) is 0 Å². The van der Waals surface area contributed by atoms with Gasteiger partial charge in [-0.05, 0) is 13.0 Å². The number of thioether (sulfide) groups is 1. The van der Waals surface area contributed by atoms with Gasteiger partial charge >= 0.3 is 5.97 Å². The Morgan fingerprint density at radius 3 is 3.00 bits per heavy atom. The van der Waals surface area contributed by atoms with Crippen LogP contribution >= 0.6 is 11.8 Å². The lowest BCUT2D eigenvalue weighted by Gasteiger charge is -2.27. The molecule has 6 heteroatoms. The minimum Gasteiger partial charge on any atom is -0.460 e. The predicted octanol–water partition coefficient (Wildman–Crippen LogP) is 1.21. The number of esters is 1. The molecule has 0 aliphatic carbocycles. The summed E-state index contributed by atoms with van der Waals surface area (Å²) in [6.45, 7) is 4.03. The van der Waals surface area contributed by atoms with E-state index in [0.717, 1.165) is 30.4 Å². The highest BCUT2D eigenvalue weighted by molar-refractivity contribution is 7.99. The van der Waals surface area contributed by atoms with Crippen molar-refractivity contribution in [2.45, 2.75) is 6.92 Å². The van der Waals surface area contributed by atoms with Crippen LogP contribution in [0.3, 0.4) is 0 Å². The van der Waals surface area contributed by atoms with Crippen LogP contribution in [-0.2, 0) is 4.74 Å². The van der Waals surface area contributed by atoms with Crippen molar-refractivity contribution in [1.82, 2.24) is 9.97 Å². The van der Waals surface area contributed by atoms with Crippen LogP contribution in [-0.4, -0.2) is 47.1 Å². The zero-order valence-electron chi connectivity index (χ0n) is 9.76. The largest absolute Gasteiger partial charge is 0.460 e. The summed E-state index contributed by atoms with van der Waals surface area (Å²) in [5.41, 5.74) is 0. The average Bonchev–Trinajstić information content (AvgIpc) is 2.40. The zero-order chi connectivity index (χ0) is 12.1. The van der Waals surface area contributed by atoms with Crippen molar-refractivity contribution >= 4 is 23.5 Å². The SMILES string of the molecule is CCOC(=O)c1nccc(N2CCSCC2)n1. The molecule has 0 radical (unpaired) electrons. The summed E-state index contributed by atoms with van der Waals surface area (Å²) in [6, 6.07) is 1.83. The minimum atomic E-state index is -0.458. The molecule has 1 fully saturated rings. The standard InChI is InChI=1S/C11H15N3O2S/c1-2-16-11(15)10-12-4-3-9(13-10)14-5-7-17-8-6-14/h3-4H,2,5-8H2,1H3. The Hall–Kier alpha value is -1.30. The molecule has 0 aromatic carbocycles. The maximum Gasteiger partial charge on any atom is 0.376 e. The molecule has 0 bridgehead atoms. The molecule has 92 valence electrons. The molecule has 1 aliphatic rings. The number of carbonyl (C=O) groups is 1. The van der Waals surface area contributed by atoms with Crippen molar-refractivity contribution in [2.24, 2.45) is 0 Å². The summed E-state index contributed by atoms with van der Waals surface area (Å²) >= 11 is 1.94. The Kier molecular flexibility index (Phi) is 4.19. The van der Waals surface area contributed by atoms with Gasteiger partial charge in [-0.25, -0.2) is 14.8 Å². The van der Waals surface area contributed by atoms with E-state index in [1.165, 1.54) is 0 Å². The highest BCUT2D eigenvalue weighted by atomic mass is 32.2. The van der Waals surface area contributed by atoms with Crippen LogP contribution in [0, 0.1) is 0 Å². The van der Waals surface area contributed by atoms with Gasteiger partial charge in [-0.2, -0.15) is 11.8 Å². The van der Waals surface area contributed by atoms with Gasteiger partial charge in [-0.15, -0.1) is 0 Å². The second-order valence-corrected chi connectivity index (χ2v) is 4.78. The molecule has 2 rings (SSSR count). The third kappa shape index (κ3) is 3.09. The van der Waals surface area contributed by atoms with Gasteiger partial charge in [0.2, 0.25) is 5.82 Å². The maximum atomic E-state index is 11.5. The highest BCUT2D eigenvalue weighted by Crippen LogP contribution is 2.16. The van der Waals surface area contributed by atoms with Gasteiger partial charge in [-0.1, -0.05) is 0 Å². The molecule has 1 aliphatic heterocycles. The third-order valence-corrected chi connectivity index (χ3v) is 3.38. The molecule has 1 saturated heterocycles. The molecule has 1 aromatic heterocycles. The van der Waals surface area contributed by atoms with Crippen molar-refractivity contribution in [1.29, 1.82) is 0 Å². The molecule has 0 N–H and O–H groups in total. The fraction of sp³-hybridized carbons (Fsp3) is 0.545. The molecule has 0 amide bonds. The lowest BCUT2D eigenvalue weighted by Crippen LogP contribution is -2.33. The Morgan fingerprint density at radius 1 is 1.53 bits per heavy atom. The maximum absolute atomic E-state index is 11.5. The van der Waals surface area contributed by atoms with E-state index in [-0.39, 0.29) is 5.82 Å². The summed E-state index contributed by atoms with van der Waals surface area (Å²) in [4.78, 5) is 21.9. The topological polar surface area (TPSA) is 55.3 Å². The number of rotatable bonds is 3. The first-order valence-electron chi connectivity index (χ1n) is 5.64. The molecule has 17 heavy (non-hydrogen) atoms. The van der Waals surface area contributed by atoms with E-state index in [4.69, 9.17) is 4.74 Å². The van der Waals surface area contributed by atoms with Gasteiger partial charge in [0.25, 0.3) is 0 Å². The highest BCUT2D eigenvalue weighted by Gasteiger charge is 2.16. The van der Waals surface area contributed by atoms with Crippen LogP contribution in [0.2, 0.25) is 0 Å². The predicted molar refractivity (Wildman–Crippen MR) is 67.5 cm³/mol. The van der Waals surface area contributed by atoms with E-state index in [2.05, 4.69) is 14.9 Å². The number of aromatic nitrogens is 2. The molecule has 2 heterocycles. The Bertz CT molecular complexity index is 394. The lowest BCUT2D eigenvalue weighted by atomic mass is 10.4. The quantitative estimate of drug-likeness (QED) is 0.755. The van der Waals surface area contributed by atoms with Crippen LogP contribution < -0.4 is 4.90 Å². The number of anilines is 1. The van der Waals surface area contributed by atoms with E-state index >= 15 is 0 Å². The minimum absolute atomic E-state index is 0.141. The smallest absolute Gasteiger partial charge is 0.376 e. The third-order valence-electron chi connectivity index (χ3n) is 2.43. The van der Waals surface area contributed by atoms with Gasteiger partial charge in [0.05, 0.1) is 6.61 Å². The number of hydrogen-bond acceptors (Lipinski definition) is 6. The van der Waals surface area contributed by atoms with Crippen molar-refractivity contribution in [2.75, 3.05) is 36.1 Å². The summed E-state index contributed by atoms with van der Waals surface area (Å²) in [5, 5.41) is 0. The first kappa shape index (κ1) is 12.2. The summed E-state index contributed by atoms with van der Waals surface area (Å²) in [7, 11) is 0. The van der Waals surface area contributed by atoms with Crippen LogP contribution in [0.15, 0.2) is 12.3 Å². The summed E-state index contributed by atoms with van der Waals surface area (Å²) in [5.74, 6) is 2.68. The number of carbonyl (C=O) groups excluding carboxylic acids is 1. The fourth-order valence-corrected chi connectivity index (χ4v) is 2.51. The number of nitrogens with zero attached hydrogens (tertiary/aromatic N) is 3. The Labute approximate surface area is 105 Å². The monoisotopic (exact) mass is 253 g/mol. The second-order valence-electron chi connectivity index (χ2n) is 3.56. The van der Waals surface area contributed by atoms with Crippen molar-refractivity contribution in [3.05, 3.63) is 18.1 Å². The Balaban J connectivity index is 2.12. The van der Waals surface area contributed by atoms with Gasteiger partial charge in [0.15, 0.2) is 0 Å². The van der Waals surface area contributed by atoms with Crippen molar-refractivity contribution < 1.29 is 9.53 Å². The Morgan fingerprint density at radius 2 is 2.29 bits per heavy atom. The van der Waals surface area contributed by atoms with Crippen LogP contribution in [0.5, 0.6) is 0 Å². The second kappa shape index (κ2) is 5.86. The average molecular weight is 253 g/mol. The summed E-state index contributed by atoms with van der Waals surface area (Å²) in [6.07, 6.45) is 1.61. The van der Waals surface area contributed by atoms with Gasteiger partial charge in [0, 0.05) is 30.8 Å². The van der Waals surface area contributed by atoms with E-state index in [9.17, 15) is 4.79 Å². The van der Waals surface area contributed by atoms with Crippen LogP contribution in [0.1, 0.15) is 17.5 Å². The molecule has 0 unspecified atom stereocenters. The van der Waals surface area contributed by atoms with Crippen molar-refractivity contribution in [3.63, 3.8) is 0 Å². The first-order valence-corrected chi connectivity index (χ1v) is 6.79. The molecular formula is C11H15N3O2S. The number of ether oxygens (including phenoxy) is 1. The van der Waals surface area contributed by atoms with Gasteiger partial charge in [-0.3, -0.25) is 0 Å². The van der Waals surface area contributed by atoms with E-state index < -0.39 is 5.97 Å². The van der Waals surface area contributed by atoms with E-state index in [1.54, 1.807) is 13.1 Å². The van der Waals surface area contributed by atoms with Gasteiger partial charge in [0.1, 0.15) is 5.82 Å². The zero-order valence-corrected chi connectivity index (χ0v) is 10.6. The molecule has 0 saturated carbocycles. The fourth-order valence-electron chi connectivity index (χ4n) is 1.61.